The first-order chi connectivity index (χ1) is 11.4. The van der Waals surface area contributed by atoms with Gasteiger partial charge in [-0.15, -0.1) is 0 Å². The molecular formula is C17H15NO3S2. The van der Waals surface area contributed by atoms with Crippen LogP contribution in [-0.2, 0) is 11.5 Å². The highest BCUT2D eigenvalue weighted by atomic mass is 33.1. The predicted octanol–water partition coefficient (Wildman–Crippen LogP) is 5.78. The molecule has 0 amide bonds. The van der Waals surface area contributed by atoms with Gasteiger partial charge in [0.25, 0.3) is 0 Å². The monoisotopic (exact) mass is 345 g/mol. The zero-order chi connectivity index (χ0) is 15.7. The zero-order valence-corrected chi connectivity index (χ0v) is 13.9. The van der Waals surface area contributed by atoms with Gasteiger partial charge in [0.1, 0.15) is 17.0 Å². The van der Waals surface area contributed by atoms with E-state index in [1.54, 1.807) is 34.1 Å². The predicted molar refractivity (Wildman–Crippen MR) is 94.0 cm³/mol. The van der Waals surface area contributed by atoms with E-state index in [1.165, 1.54) is 6.39 Å². The zero-order valence-electron chi connectivity index (χ0n) is 12.3. The van der Waals surface area contributed by atoms with Gasteiger partial charge < -0.3 is 13.3 Å². The molecule has 1 aromatic carbocycles. The van der Waals surface area contributed by atoms with E-state index in [9.17, 15) is 0 Å². The summed E-state index contributed by atoms with van der Waals surface area (Å²) in [6.07, 6.45) is 4.85. The van der Waals surface area contributed by atoms with Gasteiger partial charge in [-0.2, -0.15) is 0 Å². The van der Waals surface area contributed by atoms with Crippen molar-refractivity contribution in [2.45, 2.75) is 11.5 Å². The van der Waals surface area contributed by atoms with Gasteiger partial charge in [0, 0.05) is 0 Å². The van der Waals surface area contributed by atoms with Gasteiger partial charge in [-0.1, -0.05) is 33.7 Å². The van der Waals surface area contributed by atoms with Gasteiger partial charge in [-0.3, -0.25) is 0 Å². The van der Waals surface area contributed by atoms with Gasteiger partial charge in [0.2, 0.25) is 0 Å². The average molecular weight is 345 g/mol. The van der Waals surface area contributed by atoms with Crippen molar-refractivity contribution in [1.29, 1.82) is 0 Å². The minimum Gasteiger partial charge on any atom is -0.468 e. The summed E-state index contributed by atoms with van der Waals surface area (Å²) in [7, 11) is 3.54. The molecule has 4 rings (SSSR count). The van der Waals surface area contributed by atoms with Crippen molar-refractivity contribution in [3.8, 4) is 0 Å². The lowest BCUT2D eigenvalue weighted by Gasteiger charge is -1.96. The molecule has 0 spiro atoms. The van der Waals surface area contributed by atoms with Gasteiger partial charge in [0.15, 0.2) is 12.0 Å². The Morgan fingerprint density at radius 3 is 1.96 bits per heavy atom. The molecule has 3 aromatic heterocycles. The van der Waals surface area contributed by atoms with E-state index >= 15 is 0 Å². The molecular weight excluding hydrogens is 330 g/mol. The molecule has 0 aliphatic carbocycles. The molecule has 23 heavy (non-hydrogen) atoms. The number of hydrogen-bond donors (Lipinski definition) is 0. The maximum Gasteiger partial charge on any atom is 0.181 e. The molecule has 0 fully saturated rings. The van der Waals surface area contributed by atoms with E-state index in [1.807, 2.05) is 48.5 Å². The fourth-order valence-electron chi connectivity index (χ4n) is 1.79. The number of aromatic nitrogens is 1. The van der Waals surface area contributed by atoms with Crippen molar-refractivity contribution in [3.63, 3.8) is 0 Å². The van der Waals surface area contributed by atoms with E-state index in [0.717, 1.165) is 34.1 Å². The highest BCUT2D eigenvalue weighted by Gasteiger charge is 1.99. The lowest BCUT2D eigenvalue weighted by molar-refractivity contribution is 0.529. The molecule has 4 nitrogen and oxygen atoms in total. The van der Waals surface area contributed by atoms with E-state index in [4.69, 9.17) is 13.3 Å². The van der Waals surface area contributed by atoms with Crippen LogP contribution in [0.1, 0.15) is 11.5 Å². The third kappa shape index (κ3) is 4.97. The summed E-state index contributed by atoms with van der Waals surface area (Å²) in [5.74, 6) is 3.83. The molecule has 0 saturated carbocycles. The number of oxazole rings is 1. The van der Waals surface area contributed by atoms with Crippen LogP contribution < -0.4 is 0 Å². The molecule has 0 N–H and O–H groups in total. The Bertz CT molecular complexity index is 728. The van der Waals surface area contributed by atoms with Gasteiger partial charge >= 0.3 is 0 Å². The van der Waals surface area contributed by atoms with Crippen LogP contribution in [-0.4, -0.2) is 4.98 Å². The number of furan rings is 2. The van der Waals surface area contributed by atoms with Crippen molar-refractivity contribution in [1.82, 2.24) is 4.98 Å². The maximum absolute atomic E-state index is 5.21. The Labute approximate surface area is 141 Å². The van der Waals surface area contributed by atoms with Crippen LogP contribution in [0.25, 0.3) is 11.1 Å². The first kappa shape index (κ1) is 15.8. The Balaban J connectivity index is 0.000000149. The standard InChI is InChI=1S/C10H10O2S2.C7H5NO/c1-3-9(11-5-1)7-13-14-8-10-4-2-6-12-10;1-2-4-7-6(3-1)8-5-9-7/h1-6H,7-8H2;1-5H. The summed E-state index contributed by atoms with van der Waals surface area (Å²) >= 11 is 0. The van der Waals surface area contributed by atoms with Gasteiger partial charge in [-0.05, 0) is 36.4 Å². The average Bonchev–Trinajstić information content (AvgIpc) is 3.34. The molecule has 4 aromatic rings. The number of para-hydroxylation sites is 2. The minimum absolute atomic E-state index is 0.845. The highest BCUT2D eigenvalue weighted by molar-refractivity contribution is 8.76. The van der Waals surface area contributed by atoms with E-state index in [-0.39, 0.29) is 0 Å². The van der Waals surface area contributed by atoms with Gasteiger partial charge in [0.05, 0.1) is 24.0 Å². The molecule has 0 aliphatic rings. The summed E-state index contributed by atoms with van der Waals surface area (Å²) in [5.41, 5.74) is 1.76. The second-order valence-electron chi connectivity index (χ2n) is 4.50. The van der Waals surface area contributed by atoms with Gasteiger partial charge in [-0.25, -0.2) is 4.98 Å². The summed E-state index contributed by atoms with van der Waals surface area (Å²) in [6.45, 7) is 0. The molecule has 0 aliphatic heterocycles. The first-order valence-corrected chi connectivity index (χ1v) is 9.48. The molecule has 0 radical (unpaired) electrons. The second kappa shape index (κ2) is 8.55. The topological polar surface area (TPSA) is 52.3 Å². The van der Waals surface area contributed by atoms with Crippen molar-refractivity contribution >= 4 is 32.7 Å². The summed E-state index contributed by atoms with van der Waals surface area (Å²) in [6, 6.07) is 15.5. The fraction of sp³-hybridized carbons (Fsp3) is 0.118. The van der Waals surface area contributed by atoms with Crippen LogP contribution in [0.4, 0.5) is 0 Å². The van der Waals surface area contributed by atoms with Crippen LogP contribution >= 0.6 is 21.6 Å². The number of hydrogen-bond acceptors (Lipinski definition) is 6. The molecule has 0 saturated heterocycles. The fourth-order valence-corrected chi connectivity index (χ4v) is 3.72. The molecule has 6 heteroatoms. The SMILES string of the molecule is c1ccc2ocnc2c1.c1coc(CSSCc2ccco2)c1. The smallest absolute Gasteiger partial charge is 0.181 e. The van der Waals surface area contributed by atoms with Crippen molar-refractivity contribution in [2.75, 3.05) is 0 Å². The first-order valence-electron chi connectivity index (χ1n) is 6.99. The van der Waals surface area contributed by atoms with E-state index in [0.29, 0.717) is 0 Å². The van der Waals surface area contributed by atoms with Crippen molar-refractivity contribution in [2.24, 2.45) is 0 Å². The molecule has 0 atom stereocenters. The summed E-state index contributed by atoms with van der Waals surface area (Å²) < 4.78 is 15.4. The number of rotatable bonds is 5. The largest absolute Gasteiger partial charge is 0.468 e. The van der Waals surface area contributed by atoms with Crippen LogP contribution in [0.2, 0.25) is 0 Å². The normalized spacial score (nSPS) is 10.4. The molecule has 118 valence electrons. The Hall–Kier alpha value is -2.05. The lowest BCUT2D eigenvalue weighted by atomic mass is 10.3. The molecule has 0 bridgehead atoms. The summed E-state index contributed by atoms with van der Waals surface area (Å²) in [4.78, 5) is 3.95. The van der Waals surface area contributed by atoms with Crippen molar-refractivity contribution in [3.05, 3.63) is 79.0 Å². The Morgan fingerprint density at radius 1 is 0.739 bits per heavy atom. The quantitative estimate of drug-likeness (QED) is 0.337. The summed E-state index contributed by atoms with van der Waals surface area (Å²) in [5, 5.41) is 0. The molecule has 0 unspecified atom stereocenters. The van der Waals surface area contributed by atoms with Crippen molar-refractivity contribution < 1.29 is 13.3 Å². The minimum atomic E-state index is 0.845. The second-order valence-corrected chi connectivity index (χ2v) is 6.97. The lowest BCUT2D eigenvalue weighted by Crippen LogP contribution is -1.73. The Kier molecular flexibility index (Phi) is 5.88. The van der Waals surface area contributed by atoms with Crippen LogP contribution in [0, 0.1) is 0 Å². The number of nitrogens with zero attached hydrogens (tertiary/aromatic N) is 1. The number of benzene rings is 1. The van der Waals surface area contributed by atoms with Crippen LogP contribution in [0.3, 0.4) is 0 Å². The van der Waals surface area contributed by atoms with E-state index < -0.39 is 0 Å². The maximum atomic E-state index is 5.21. The van der Waals surface area contributed by atoms with E-state index in [2.05, 4.69) is 4.98 Å². The third-order valence-corrected chi connectivity index (χ3v) is 5.06. The van der Waals surface area contributed by atoms with Crippen LogP contribution in [0.15, 0.2) is 80.7 Å². The van der Waals surface area contributed by atoms with Crippen LogP contribution in [0.5, 0.6) is 0 Å². The third-order valence-electron chi connectivity index (χ3n) is 2.88. The number of fused-ring (bicyclic) bond motifs is 1. The highest BCUT2D eigenvalue weighted by Crippen LogP contribution is 2.29. The Morgan fingerprint density at radius 2 is 1.39 bits per heavy atom. The molecule has 3 heterocycles.